The van der Waals surface area contributed by atoms with Crippen molar-refractivity contribution in [1.82, 2.24) is 25.1 Å². The maximum absolute atomic E-state index is 14.3. The predicted molar refractivity (Wildman–Crippen MR) is 146 cm³/mol. The summed E-state index contributed by atoms with van der Waals surface area (Å²) in [5.41, 5.74) is 8.58. The predicted octanol–water partition coefficient (Wildman–Crippen LogP) is 6.65. The molecule has 184 valence electrons. The van der Waals surface area contributed by atoms with Crippen LogP contribution in [0.25, 0.3) is 55.4 Å². The van der Waals surface area contributed by atoms with Gasteiger partial charge in [-0.05, 0) is 78.8 Å². The van der Waals surface area contributed by atoms with Crippen LogP contribution in [-0.4, -0.2) is 46.3 Å². The third kappa shape index (κ3) is 4.34. The molecule has 0 spiro atoms. The zero-order valence-corrected chi connectivity index (χ0v) is 20.8. The number of rotatable bonds is 6. The van der Waals surface area contributed by atoms with E-state index in [1.165, 1.54) is 12.1 Å². The molecule has 0 saturated heterocycles. The average molecular weight is 492 g/mol. The summed E-state index contributed by atoms with van der Waals surface area (Å²) in [5.74, 6) is 0.148. The molecule has 0 amide bonds. The van der Waals surface area contributed by atoms with E-state index in [1.807, 2.05) is 56.8 Å². The topological polar surface area (TPSA) is 69.8 Å². The SMILES string of the molecule is COc1cc(F)cc(-c2cccc3[nH]c(-c4n[nH]c5ccc(-c6cncc(CN(C)C)c6)cc45)cc23)c1. The third-order valence-corrected chi connectivity index (χ3v) is 6.53. The number of nitrogens with zero attached hydrogens (tertiary/aromatic N) is 3. The Hall–Kier alpha value is -4.49. The van der Waals surface area contributed by atoms with Crippen LogP contribution in [-0.2, 0) is 6.54 Å². The first-order chi connectivity index (χ1) is 18.0. The molecule has 3 aromatic carbocycles. The Balaban J connectivity index is 1.45. The van der Waals surface area contributed by atoms with Gasteiger partial charge in [0, 0.05) is 46.9 Å². The first-order valence-electron chi connectivity index (χ1n) is 12.0. The summed E-state index contributed by atoms with van der Waals surface area (Å²) in [6, 6.07) is 21.2. The highest BCUT2D eigenvalue weighted by Crippen LogP contribution is 2.36. The van der Waals surface area contributed by atoms with E-state index >= 15 is 0 Å². The minimum Gasteiger partial charge on any atom is -0.497 e. The average Bonchev–Trinajstić information content (AvgIpc) is 3.51. The molecule has 0 bridgehead atoms. The van der Waals surface area contributed by atoms with Crippen molar-refractivity contribution < 1.29 is 9.13 Å². The van der Waals surface area contributed by atoms with Gasteiger partial charge in [0.2, 0.25) is 0 Å². The zero-order chi connectivity index (χ0) is 25.5. The maximum atomic E-state index is 14.3. The van der Waals surface area contributed by atoms with Crippen LogP contribution in [0.4, 0.5) is 4.39 Å². The highest BCUT2D eigenvalue weighted by atomic mass is 19.1. The summed E-state index contributed by atoms with van der Waals surface area (Å²) in [7, 11) is 5.64. The van der Waals surface area contributed by atoms with Gasteiger partial charge in [0.15, 0.2) is 0 Å². The number of methoxy groups -OCH3 is 1. The van der Waals surface area contributed by atoms with Gasteiger partial charge in [-0.25, -0.2) is 4.39 Å². The Morgan fingerprint density at radius 3 is 2.59 bits per heavy atom. The van der Waals surface area contributed by atoms with Crippen molar-refractivity contribution in [3.63, 3.8) is 0 Å². The lowest BCUT2D eigenvalue weighted by Gasteiger charge is -2.10. The maximum Gasteiger partial charge on any atom is 0.127 e. The molecule has 2 N–H and O–H groups in total. The van der Waals surface area contributed by atoms with E-state index in [-0.39, 0.29) is 5.82 Å². The van der Waals surface area contributed by atoms with Crippen molar-refractivity contribution in [2.45, 2.75) is 6.54 Å². The zero-order valence-electron chi connectivity index (χ0n) is 20.8. The largest absolute Gasteiger partial charge is 0.497 e. The summed E-state index contributed by atoms with van der Waals surface area (Å²) in [4.78, 5) is 10.1. The fourth-order valence-corrected chi connectivity index (χ4v) is 4.87. The number of H-pyrrole nitrogens is 2. The van der Waals surface area contributed by atoms with E-state index in [0.29, 0.717) is 5.75 Å². The van der Waals surface area contributed by atoms with Crippen molar-refractivity contribution in [2.24, 2.45) is 0 Å². The minimum absolute atomic E-state index is 0.336. The van der Waals surface area contributed by atoms with E-state index in [4.69, 9.17) is 4.74 Å². The van der Waals surface area contributed by atoms with Gasteiger partial charge in [-0.1, -0.05) is 18.2 Å². The van der Waals surface area contributed by atoms with Crippen LogP contribution < -0.4 is 4.74 Å². The number of halogens is 1. The van der Waals surface area contributed by atoms with Crippen LogP contribution in [0.5, 0.6) is 5.75 Å². The molecule has 0 atom stereocenters. The molecule has 0 aliphatic rings. The lowest BCUT2D eigenvalue weighted by atomic mass is 10.0. The van der Waals surface area contributed by atoms with Crippen LogP contribution >= 0.6 is 0 Å². The molecule has 3 aromatic heterocycles. The summed E-state index contributed by atoms with van der Waals surface area (Å²) in [5, 5.41) is 9.79. The Kier molecular flexibility index (Phi) is 5.70. The molecular weight excluding hydrogens is 465 g/mol. The number of fused-ring (bicyclic) bond motifs is 2. The first kappa shape index (κ1) is 22.9. The lowest BCUT2D eigenvalue weighted by Crippen LogP contribution is -2.10. The van der Waals surface area contributed by atoms with Gasteiger partial charge < -0.3 is 14.6 Å². The molecule has 0 aliphatic heterocycles. The highest BCUT2D eigenvalue weighted by Gasteiger charge is 2.15. The van der Waals surface area contributed by atoms with E-state index in [9.17, 15) is 4.39 Å². The number of nitrogens with one attached hydrogen (secondary N) is 2. The number of aromatic nitrogens is 4. The fourth-order valence-electron chi connectivity index (χ4n) is 4.87. The van der Waals surface area contributed by atoms with E-state index in [2.05, 4.69) is 49.3 Å². The molecule has 0 fully saturated rings. The van der Waals surface area contributed by atoms with Crippen molar-refractivity contribution in [3.8, 4) is 39.4 Å². The molecule has 6 nitrogen and oxygen atoms in total. The number of hydrogen-bond donors (Lipinski definition) is 2. The van der Waals surface area contributed by atoms with Crippen LogP contribution in [0.15, 0.2) is 79.1 Å². The monoisotopic (exact) mass is 491 g/mol. The van der Waals surface area contributed by atoms with Crippen molar-refractivity contribution in [2.75, 3.05) is 21.2 Å². The van der Waals surface area contributed by atoms with E-state index < -0.39 is 0 Å². The Morgan fingerprint density at radius 1 is 0.865 bits per heavy atom. The van der Waals surface area contributed by atoms with Crippen molar-refractivity contribution >= 4 is 21.8 Å². The van der Waals surface area contributed by atoms with Crippen LogP contribution in [0.2, 0.25) is 0 Å². The summed E-state index contributed by atoms with van der Waals surface area (Å²) in [6.07, 6.45) is 3.80. The molecule has 6 rings (SSSR count). The number of hydrogen-bond acceptors (Lipinski definition) is 4. The lowest BCUT2D eigenvalue weighted by molar-refractivity contribution is 0.402. The molecule has 0 saturated carbocycles. The molecule has 0 aliphatic carbocycles. The summed E-state index contributed by atoms with van der Waals surface area (Å²) >= 11 is 0. The van der Waals surface area contributed by atoms with Crippen LogP contribution in [0.1, 0.15) is 5.56 Å². The van der Waals surface area contributed by atoms with E-state index in [1.54, 1.807) is 7.11 Å². The Labute approximate surface area is 213 Å². The molecule has 6 aromatic rings. The normalized spacial score (nSPS) is 11.6. The van der Waals surface area contributed by atoms with Gasteiger partial charge in [0.05, 0.1) is 18.3 Å². The van der Waals surface area contributed by atoms with Gasteiger partial charge >= 0.3 is 0 Å². The van der Waals surface area contributed by atoms with Gasteiger partial charge in [0.25, 0.3) is 0 Å². The number of pyridine rings is 1. The third-order valence-electron chi connectivity index (χ3n) is 6.53. The first-order valence-corrected chi connectivity index (χ1v) is 12.0. The van der Waals surface area contributed by atoms with Crippen LogP contribution in [0.3, 0.4) is 0 Å². The second-order valence-corrected chi connectivity index (χ2v) is 9.48. The van der Waals surface area contributed by atoms with Gasteiger partial charge in [-0.3, -0.25) is 10.1 Å². The van der Waals surface area contributed by atoms with Gasteiger partial charge in [-0.15, -0.1) is 0 Å². The molecule has 0 unspecified atom stereocenters. The highest BCUT2D eigenvalue weighted by molar-refractivity contribution is 6.02. The molecule has 0 radical (unpaired) electrons. The second kappa shape index (κ2) is 9.19. The standard InChI is InChI=1S/C30H26FN5O/c1-36(2)17-18-9-21(16-32-15-18)19-7-8-28-26(12-19)30(35-34-28)29-14-25-24(5-4-6-27(25)33-29)20-10-22(31)13-23(11-20)37-3/h4-16,33H,17H2,1-3H3,(H,34,35). The van der Waals surface area contributed by atoms with E-state index in [0.717, 1.165) is 67.6 Å². The fraction of sp³-hybridized carbons (Fsp3) is 0.133. The molecule has 37 heavy (non-hydrogen) atoms. The molecular formula is C30H26FN5O. The second-order valence-electron chi connectivity index (χ2n) is 9.48. The number of aromatic amines is 2. The summed E-state index contributed by atoms with van der Waals surface area (Å²) in [6.45, 7) is 0.828. The molecule has 7 heteroatoms. The van der Waals surface area contributed by atoms with Gasteiger partial charge in [-0.2, -0.15) is 5.10 Å². The van der Waals surface area contributed by atoms with Crippen molar-refractivity contribution in [1.29, 1.82) is 0 Å². The number of ether oxygens (including phenoxy) is 1. The van der Waals surface area contributed by atoms with Gasteiger partial charge in [0.1, 0.15) is 17.3 Å². The van der Waals surface area contributed by atoms with Crippen LogP contribution in [0, 0.1) is 5.82 Å². The smallest absolute Gasteiger partial charge is 0.127 e. The molecule has 3 heterocycles. The summed E-state index contributed by atoms with van der Waals surface area (Å²) < 4.78 is 19.5. The Bertz CT molecular complexity index is 1750. The quantitative estimate of drug-likeness (QED) is 0.274. The minimum atomic E-state index is -0.336. The van der Waals surface area contributed by atoms with Crippen molar-refractivity contribution in [3.05, 3.63) is 90.5 Å². The number of benzene rings is 3. The Morgan fingerprint density at radius 2 is 1.76 bits per heavy atom.